The molecule has 1 heterocycles. The van der Waals surface area contributed by atoms with Crippen molar-refractivity contribution in [3.8, 4) is 5.75 Å². The van der Waals surface area contributed by atoms with Crippen LogP contribution in [-0.2, 0) is 22.4 Å². The Morgan fingerprint density at radius 2 is 2.04 bits per heavy atom. The molecule has 1 amide bonds. The van der Waals surface area contributed by atoms with E-state index in [4.69, 9.17) is 9.47 Å². The van der Waals surface area contributed by atoms with Crippen LogP contribution in [0.5, 0.6) is 5.75 Å². The predicted octanol–water partition coefficient (Wildman–Crippen LogP) is 4.58. The summed E-state index contributed by atoms with van der Waals surface area (Å²) in [6.45, 7) is 1.86. The Morgan fingerprint density at radius 3 is 2.81 bits per heavy atom. The lowest BCUT2D eigenvalue weighted by Gasteiger charge is -2.13. The topological polar surface area (TPSA) is 64.6 Å². The summed E-state index contributed by atoms with van der Waals surface area (Å²) < 4.78 is 11.9. The summed E-state index contributed by atoms with van der Waals surface area (Å²) in [7, 11) is 0. The van der Waals surface area contributed by atoms with Crippen molar-refractivity contribution in [3.05, 3.63) is 44.7 Å². The molecule has 0 fully saturated rings. The molecule has 0 radical (unpaired) electrons. The number of anilines is 1. The van der Waals surface area contributed by atoms with E-state index < -0.39 is 5.97 Å². The number of benzene rings is 1. The van der Waals surface area contributed by atoms with E-state index >= 15 is 0 Å². The van der Waals surface area contributed by atoms with Crippen LogP contribution >= 0.6 is 27.3 Å². The fraction of sp³-hybridized carbons (Fsp3) is 0.368. The Hall–Kier alpha value is -1.86. The summed E-state index contributed by atoms with van der Waals surface area (Å²) in [6.07, 6.45) is 3.97. The standard InChI is InChI=1S/C19H20BrNO4S/c1-12(22)21-18-17(15-7-2-3-8-16(15)26-18)19(23)25-10-9-24-14-6-4-5-13(20)11-14/h4-6,11H,2-3,7-10H2,1H3,(H,21,22). The molecule has 0 aliphatic heterocycles. The maximum absolute atomic E-state index is 12.6. The van der Waals surface area contributed by atoms with Gasteiger partial charge in [-0.1, -0.05) is 22.0 Å². The van der Waals surface area contributed by atoms with Crippen molar-refractivity contribution in [2.24, 2.45) is 0 Å². The minimum atomic E-state index is -0.397. The minimum absolute atomic E-state index is 0.148. The van der Waals surface area contributed by atoms with Crippen LogP contribution in [0.3, 0.4) is 0 Å². The number of hydrogen-bond acceptors (Lipinski definition) is 5. The van der Waals surface area contributed by atoms with Crippen LogP contribution < -0.4 is 10.1 Å². The number of fused-ring (bicyclic) bond motifs is 1. The number of halogens is 1. The third-order valence-corrected chi connectivity index (χ3v) is 5.75. The number of nitrogens with one attached hydrogen (secondary N) is 1. The van der Waals surface area contributed by atoms with Crippen molar-refractivity contribution >= 4 is 44.1 Å². The predicted molar refractivity (Wildman–Crippen MR) is 105 cm³/mol. The van der Waals surface area contributed by atoms with E-state index in [0.717, 1.165) is 35.7 Å². The van der Waals surface area contributed by atoms with Gasteiger partial charge in [0.25, 0.3) is 0 Å². The van der Waals surface area contributed by atoms with Gasteiger partial charge in [-0.2, -0.15) is 0 Å². The summed E-state index contributed by atoms with van der Waals surface area (Å²) in [5.41, 5.74) is 1.55. The van der Waals surface area contributed by atoms with Crippen LogP contribution in [0.2, 0.25) is 0 Å². The lowest BCUT2D eigenvalue weighted by molar-refractivity contribution is -0.114. The van der Waals surface area contributed by atoms with E-state index in [1.807, 2.05) is 24.3 Å². The first-order chi connectivity index (χ1) is 12.5. The van der Waals surface area contributed by atoms with E-state index in [0.29, 0.717) is 16.3 Å². The SMILES string of the molecule is CC(=O)Nc1sc2c(c1C(=O)OCCOc1cccc(Br)c1)CCCC2. The fourth-order valence-corrected chi connectivity index (χ4v) is 4.65. The molecule has 1 aromatic heterocycles. The van der Waals surface area contributed by atoms with E-state index in [1.165, 1.54) is 23.1 Å². The Kier molecular flexibility index (Phi) is 6.32. The van der Waals surface area contributed by atoms with Crippen molar-refractivity contribution in [1.82, 2.24) is 0 Å². The van der Waals surface area contributed by atoms with Gasteiger partial charge in [0.2, 0.25) is 5.91 Å². The molecule has 1 aromatic carbocycles. The van der Waals surface area contributed by atoms with E-state index in [1.54, 1.807) is 0 Å². The monoisotopic (exact) mass is 437 g/mol. The highest BCUT2D eigenvalue weighted by Crippen LogP contribution is 2.38. The third kappa shape index (κ3) is 4.65. The summed E-state index contributed by atoms with van der Waals surface area (Å²) in [6, 6.07) is 7.49. The lowest BCUT2D eigenvalue weighted by atomic mass is 9.95. The van der Waals surface area contributed by atoms with Crippen molar-refractivity contribution in [2.45, 2.75) is 32.6 Å². The Balaban J connectivity index is 1.63. The Labute approximate surface area is 164 Å². The molecule has 7 heteroatoms. The molecule has 5 nitrogen and oxygen atoms in total. The molecule has 2 aromatic rings. The number of aryl methyl sites for hydroxylation is 1. The zero-order valence-electron chi connectivity index (χ0n) is 14.5. The second-order valence-electron chi connectivity index (χ2n) is 6.04. The van der Waals surface area contributed by atoms with Gasteiger partial charge in [-0.15, -0.1) is 11.3 Å². The number of hydrogen-bond donors (Lipinski definition) is 1. The van der Waals surface area contributed by atoms with E-state index in [9.17, 15) is 9.59 Å². The van der Waals surface area contributed by atoms with Crippen LogP contribution in [0.1, 0.15) is 40.6 Å². The van der Waals surface area contributed by atoms with Crippen molar-refractivity contribution in [2.75, 3.05) is 18.5 Å². The molecular formula is C19H20BrNO4S. The highest BCUT2D eigenvalue weighted by molar-refractivity contribution is 9.10. The molecule has 3 rings (SSSR count). The van der Waals surface area contributed by atoms with Gasteiger partial charge in [0, 0.05) is 16.3 Å². The van der Waals surface area contributed by atoms with Crippen LogP contribution in [0, 0.1) is 0 Å². The molecule has 1 N–H and O–H groups in total. The van der Waals surface area contributed by atoms with Gasteiger partial charge in [-0.05, 0) is 49.4 Å². The summed E-state index contributed by atoms with van der Waals surface area (Å²) in [5.74, 6) is 0.129. The van der Waals surface area contributed by atoms with Gasteiger partial charge < -0.3 is 14.8 Å². The van der Waals surface area contributed by atoms with Crippen LogP contribution in [-0.4, -0.2) is 25.1 Å². The number of rotatable bonds is 6. The van der Waals surface area contributed by atoms with Crippen molar-refractivity contribution in [1.29, 1.82) is 0 Å². The van der Waals surface area contributed by atoms with Gasteiger partial charge in [0.1, 0.15) is 24.0 Å². The number of ether oxygens (including phenoxy) is 2. The molecule has 0 unspecified atom stereocenters. The number of thiophene rings is 1. The highest BCUT2D eigenvalue weighted by atomic mass is 79.9. The Morgan fingerprint density at radius 1 is 1.23 bits per heavy atom. The van der Waals surface area contributed by atoms with Crippen LogP contribution in [0.4, 0.5) is 5.00 Å². The van der Waals surface area contributed by atoms with Gasteiger partial charge in [-0.25, -0.2) is 4.79 Å². The number of carbonyl (C=O) groups excluding carboxylic acids is 2. The van der Waals surface area contributed by atoms with E-state index in [2.05, 4.69) is 21.2 Å². The summed E-state index contributed by atoms with van der Waals surface area (Å²) in [4.78, 5) is 25.3. The normalized spacial score (nSPS) is 13.0. The van der Waals surface area contributed by atoms with E-state index in [-0.39, 0.29) is 19.1 Å². The number of esters is 1. The molecule has 1 aliphatic carbocycles. The molecule has 0 atom stereocenters. The molecule has 1 aliphatic rings. The molecule has 26 heavy (non-hydrogen) atoms. The van der Waals surface area contributed by atoms with Gasteiger partial charge in [0.15, 0.2) is 0 Å². The summed E-state index contributed by atoms with van der Waals surface area (Å²) >= 11 is 4.87. The number of amides is 1. The molecule has 138 valence electrons. The van der Waals surface area contributed by atoms with Crippen LogP contribution in [0.15, 0.2) is 28.7 Å². The van der Waals surface area contributed by atoms with Gasteiger partial charge >= 0.3 is 5.97 Å². The number of carbonyl (C=O) groups is 2. The third-order valence-electron chi connectivity index (χ3n) is 4.05. The first-order valence-corrected chi connectivity index (χ1v) is 10.1. The quantitative estimate of drug-likeness (QED) is 0.530. The largest absolute Gasteiger partial charge is 0.490 e. The van der Waals surface area contributed by atoms with Crippen molar-refractivity contribution < 1.29 is 19.1 Å². The molecular weight excluding hydrogens is 418 g/mol. The fourth-order valence-electron chi connectivity index (χ4n) is 2.95. The average molecular weight is 438 g/mol. The molecule has 0 saturated heterocycles. The zero-order valence-corrected chi connectivity index (χ0v) is 16.9. The minimum Gasteiger partial charge on any atom is -0.490 e. The first kappa shape index (κ1) is 18.9. The smallest absolute Gasteiger partial charge is 0.341 e. The molecule has 0 saturated carbocycles. The second-order valence-corrected chi connectivity index (χ2v) is 8.06. The second kappa shape index (κ2) is 8.68. The zero-order chi connectivity index (χ0) is 18.5. The Bertz CT molecular complexity index is 818. The van der Waals surface area contributed by atoms with Crippen molar-refractivity contribution in [3.63, 3.8) is 0 Å². The molecule has 0 spiro atoms. The van der Waals surface area contributed by atoms with Gasteiger partial charge in [-0.3, -0.25) is 4.79 Å². The summed E-state index contributed by atoms with van der Waals surface area (Å²) in [5, 5.41) is 3.38. The van der Waals surface area contributed by atoms with Gasteiger partial charge in [0.05, 0.1) is 5.56 Å². The maximum Gasteiger partial charge on any atom is 0.341 e. The lowest BCUT2D eigenvalue weighted by Crippen LogP contribution is -2.16. The maximum atomic E-state index is 12.6. The highest BCUT2D eigenvalue weighted by Gasteiger charge is 2.26. The first-order valence-electron chi connectivity index (χ1n) is 8.52. The molecule has 0 bridgehead atoms. The average Bonchev–Trinajstić information content (AvgIpc) is 2.95. The van der Waals surface area contributed by atoms with Crippen LogP contribution in [0.25, 0.3) is 0 Å².